The first-order chi connectivity index (χ1) is 7.36. The van der Waals surface area contributed by atoms with Crippen LogP contribution >= 0.6 is 0 Å². The summed E-state index contributed by atoms with van der Waals surface area (Å²) in [6.45, 7) is 3.78. The molecule has 0 radical (unpaired) electrons. The van der Waals surface area contributed by atoms with Gasteiger partial charge in [0.15, 0.2) is 0 Å². The van der Waals surface area contributed by atoms with Crippen LogP contribution in [0.4, 0.5) is 13.2 Å². The van der Waals surface area contributed by atoms with Crippen molar-refractivity contribution < 1.29 is 13.2 Å². The lowest BCUT2D eigenvalue weighted by molar-refractivity contribution is -0.137. The average Bonchev–Trinajstić information content (AvgIpc) is 2.16. The average molecular weight is 227 g/mol. The van der Waals surface area contributed by atoms with E-state index in [1.807, 2.05) is 19.9 Å². The van der Waals surface area contributed by atoms with Gasteiger partial charge in [0.05, 0.1) is 18.1 Å². The van der Waals surface area contributed by atoms with Crippen molar-refractivity contribution in [2.45, 2.75) is 32.4 Å². The molecule has 0 fully saturated rings. The maximum atomic E-state index is 12.5. The van der Waals surface area contributed by atoms with Crippen LogP contribution < -0.4 is 0 Å². The second-order valence-electron chi connectivity index (χ2n) is 3.90. The van der Waals surface area contributed by atoms with Crippen molar-refractivity contribution in [3.8, 4) is 6.07 Å². The molecule has 1 aromatic carbocycles. The minimum absolute atomic E-state index is 0.0113. The Morgan fingerprint density at radius 3 is 2.38 bits per heavy atom. The highest BCUT2D eigenvalue weighted by Gasteiger charge is 2.31. The fourth-order valence-electron chi connectivity index (χ4n) is 1.58. The lowest BCUT2D eigenvalue weighted by Gasteiger charge is -2.14. The minimum Gasteiger partial charge on any atom is -0.198 e. The highest BCUT2D eigenvalue weighted by Crippen LogP contribution is 2.32. The van der Waals surface area contributed by atoms with Gasteiger partial charge in [0.1, 0.15) is 0 Å². The quantitative estimate of drug-likeness (QED) is 0.751. The third-order valence-electron chi connectivity index (χ3n) is 2.36. The zero-order valence-corrected chi connectivity index (χ0v) is 9.10. The van der Waals surface area contributed by atoms with Crippen molar-refractivity contribution >= 4 is 0 Å². The van der Waals surface area contributed by atoms with E-state index < -0.39 is 11.7 Å². The molecule has 0 aliphatic heterocycles. The van der Waals surface area contributed by atoms with Crippen LogP contribution in [0.1, 0.15) is 36.5 Å². The molecule has 1 rings (SSSR count). The van der Waals surface area contributed by atoms with E-state index in [4.69, 9.17) is 5.26 Å². The number of nitriles is 1. The van der Waals surface area contributed by atoms with Gasteiger partial charge in [0.25, 0.3) is 0 Å². The molecule has 86 valence electrons. The number of alkyl halides is 3. The van der Waals surface area contributed by atoms with E-state index in [1.54, 1.807) is 0 Å². The summed E-state index contributed by atoms with van der Waals surface area (Å²) in [4.78, 5) is 0. The molecular formula is C12H12F3N. The van der Waals surface area contributed by atoms with Crippen molar-refractivity contribution in [3.63, 3.8) is 0 Å². The Labute approximate surface area is 92.5 Å². The second kappa shape index (κ2) is 4.56. The first-order valence-corrected chi connectivity index (χ1v) is 4.93. The summed E-state index contributed by atoms with van der Waals surface area (Å²) in [6.07, 6.45) is -4.34. The molecule has 16 heavy (non-hydrogen) atoms. The van der Waals surface area contributed by atoms with Crippen LogP contribution in [0, 0.1) is 11.3 Å². The van der Waals surface area contributed by atoms with Crippen LogP contribution in [-0.2, 0) is 12.6 Å². The molecule has 4 heteroatoms. The van der Waals surface area contributed by atoms with Crippen molar-refractivity contribution in [2.24, 2.45) is 0 Å². The molecule has 0 atom stereocenters. The molecule has 1 nitrogen and oxygen atoms in total. The van der Waals surface area contributed by atoms with Gasteiger partial charge < -0.3 is 0 Å². The molecule has 0 N–H and O–H groups in total. The predicted octanol–water partition coefficient (Wildman–Crippen LogP) is 3.89. The first kappa shape index (κ1) is 12.6. The predicted molar refractivity (Wildman–Crippen MR) is 54.9 cm³/mol. The molecular weight excluding hydrogens is 215 g/mol. The highest BCUT2D eigenvalue weighted by molar-refractivity contribution is 5.36. The largest absolute Gasteiger partial charge is 0.416 e. The maximum absolute atomic E-state index is 12.5. The van der Waals surface area contributed by atoms with Crippen LogP contribution in [0.3, 0.4) is 0 Å². The van der Waals surface area contributed by atoms with Crippen LogP contribution in [-0.4, -0.2) is 0 Å². The lowest BCUT2D eigenvalue weighted by atomic mass is 9.94. The highest BCUT2D eigenvalue weighted by atomic mass is 19.4. The molecule has 0 unspecified atom stereocenters. The number of hydrogen-bond acceptors (Lipinski definition) is 1. The van der Waals surface area contributed by atoms with Gasteiger partial charge in [-0.25, -0.2) is 0 Å². The van der Waals surface area contributed by atoms with E-state index in [0.29, 0.717) is 5.56 Å². The molecule has 0 spiro atoms. The fraction of sp³-hybridized carbons (Fsp3) is 0.417. The molecule has 0 saturated carbocycles. The number of hydrogen-bond donors (Lipinski definition) is 0. The molecule has 0 aromatic heterocycles. The normalized spacial score (nSPS) is 11.6. The molecule has 1 aromatic rings. The summed E-state index contributed by atoms with van der Waals surface area (Å²) < 4.78 is 37.4. The standard InChI is InChI=1S/C12H12F3N/c1-8(2)11-4-3-10(12(13,14)15)7-9(11)5-6-16/h3-4,7-8H,5H2,1-2H3. The summed E-state index contributed by atoms with van der Waals surface area (Å²) in [5, 5.41) is 8.59. The maximum Gasteiger partial charge on any atom is 0.416 e. The Morgan fingerprint density at radius 2 is 1.94 bits per heavy atom. The topological polar surface area (TPSA) is 23.8 Å². The van der Waals surface area contributed by atoms with Gasteiger partial charge in [0.2, 0.25) is 0 Å². The third kappa shape index (κ3) is 2.75. The van der Waals surface area contributed by atoms with E-state index >= 15 is 0 Å². The number of halogens is 3. The number of benzene rings is 1. The van der Waals surface area contributed by atoms with Gasteiger partial charge in [-0.15, -0.1) is 0 Å². The summed E-state index contributed by atoms with van der Waals surface area (Å²) in [5.41, 5.74) is 0.573. The molecule has 0 aliphatic carbocycles. The molecule has 0 bridgehead atoms. The number of rotatable bonds is 2. The first-order valence-electron chi connectivity index (χ1n) is 4.93. The SMILES string of the molecule is CC(C)c1ccc(C(F)(F)F)cc1CC#N. The third-order valence-corrected chi connectivity index (χ3v) is 2.36. The van der Waals surface area contributed by atoms with E-state index in [2.05, 4.69) is 0 Å². The Balaban J connectivity index is 3.24. The Hall–Kier alpha value is -1.50. The lowest BCUT2D eigenvalue weighted by Crippen LogP contribution is -2.07. The van der Waals surface area contributed by atoms with Gasteiger partial charge in [-0.2, -0.15) is 18.4 Å². The monoisotopic (exact) mass is 227 g/mol. The van der Waals surface area contributed by atoms with E-state index in [1.165, 1.54) is 6.07 Å². The van der Waals surface area contributed by atoms with Gasteiger partial charge >= 0.3 is 6.18 Å². The Bertz CT molecular complexity index is 413. The van der Waals surface area contributed by atoms with Gasteiger partial charge in [0, 0.05) is 0 Å². The fourth-order valence-corrected chi connectivity index (χ4v) is 1.58. The zero-order chi connectivity index (χ0) is 12.3. The van der Waals surface area contributed by atoms with E-state index in [-0.39, 0.29) is 12.3 Å². The summed E-state index contributed by atoms with van der Waals surface area (Å²) in [7, 11) is 0. The van der Waals surface area contributed by atoms with Crippen LogP contribution in [0.25, 0.3) is 0 Å². The minimum atomic E-state index is -4.35. The van der Waals surface area contributed by atoms with Crippen LogP contribution in [0.15, 0.2) is 18.2 Å². The van der Waals surface area contributed by atoms with Crippen molar-refractivity contribution in [1.82, 2.24) is 0 Å². The van der Waals surface area contributed by atoms with E-state index in [0.717, 1.165) is 17.7 Å². The van der Waals surface area contributed by atoms with Gasteiger partial charge in [-0.3, -0.25) is 0 Å². The van der Waals surface area contributed by atoms with Gasteiger partial charge in [-0.1, -0.05) is 19.9 Å². The number of nitrogens with zero attached hydrogens (tertiary/aromatic N) is 1. The second-order valence-corrected chi connectivity index (χ2v) is 3.90. The van der Waals surface area contributed by atoms with Crippen molar-refractivity contribution in [3.05, 3.63) is 34.9 Å². The smallest absolute Gasteiger partial charge is 0.198 e. The molecule has 0 saturated heterocycles. The van der Waals surface area contributed by atoms with Gasteiger partial charge in [-0.05, 0) is 29.2 Å². The summed E-state index contributed by atoms with van der Waals surface area (Å²) in [6, 6.07) is 5.48. The molecule has 0 aliphatic rings. The zero-order valence-electron chi connectivity index (χ0n) is 9.10. The van der Waals surface area contributed by atoms with E-state index in [9.17, 15) is 13.2 Å². The van der Waals surface area contributed by atoms with Crippen LogP contribution in [0.5, 0.6) is 0 Å². The van der Waals surface area contributed by atoms with Crippen molar-refractivity contribution in [2.75, 3.05) is 0 Å². The Kier molecular flexibility index (Phi) is 3.58. The van der Waals surface area contributed by atoms with Crippen molar-refractivity contribution in [1.29, 1.82) is 5.26 Å². The van der Waals surface area contributed by atoms with Crippen LogP contribution in [0.2, 0.25) is 0 Å². The molecule has 0 heterocycles. The molecule has 0 amide bonds. The summed E-state index contributed by atoms with van der Waals surface area (Å²) in [5.74, 6) is 0.116. The Morgan fingerprint density at radius 1 is 1.31 bits per heavy atom. The summed E-state index contributed by atoms with van der Waals surface area (Å²) >= 11 is 0.